The van der Waals surface area contributed by atoms with E-state index in [1.165, 1.54) is 12.1 Å². The van der Waals surface area contributed by atoms with Gasteiger partial charge >= 0.3 is 0 Å². The Morgan fingerprint density at radius 2 is 1.80 bits per heavy atom. The van der Waals surface area contributed by atoms with Gasteiger partial charge in [0.2, 0.25) is 10.0 Å². The highest BCUT2D eigenvalue weighted by atomic mass is 32.2. The fourth-order valence-corrected chi connectivity index (χ4v) is 2.86. The third kappa shape index (κ3) is 3.63. The highest BCUT2D eigenvalue weighted by Crippen LogP contribution is 2.12. The first kappa shape index (κ1) is 14.6. The average Bonchev–Trinajstić information content (AvgIpc) is 2.46. The Labute approximate surface area is 123 Å². The van der Waals surface area contributed by atoms with E-state index < -0.39 is 10.0 Å². The van der Waals surface area contributed by atoms with Crippen molar-refractivity contribution in [2.24, 2.45) is 5.73 Å². The average molecular weight is 306 g/mol. The summed E-state index contributed by atoms with van der Waals surface area (Å²) in [5.74, 6) is 0. The summed E-state index contributed by atoms with van der Waals surface area (Å²) in [6.45, 7) is 0.237. The highest BCUT2D eigenvalue weighted by molar-refractivity contribution is 7.89. The molecule has 104 valence electrons. The maximum absolute atomic E-state index is 12.2. The first-order valence-electron chi connectivity index (χ1n) is 5.92. The summed E-state index contributed by atoms with van der Waals surface area (Å²) in [7, 11) is -3.58. The molecule has 0 aliphatic carbocycles. The molecular formula is C14H14N2O2S2. The van der Waals surface area contributed by atoms with E-state index in [1.54, 1.807) is 12.1 Å². The van der Waals surface area contributed by atoms with Gasteiger partial charge in [-0.25, -0.2) is 13.1 Å². The molecule has 0 unspecified atom stereocenters. The van der Waals surface area contributed by atoms with E-state index in [4.69, 9.17) is 18.0 Å². The van der Waals surface area contributed by atoms with Crippen molar-refractivity contribution >= 4 is 27.2 Å². The number of sulfonamides is 1. The van der Waals surface area contributed by atoms with Crippen molar-refractivity contribution in [2.45, 2.75) is 11.4 Å². The topological polar surface area (TPSA) is 72.2 Å². The minimum absolute atomic E-state index is 0.152. The summed E-state index contributed by atoms with van der Waals surface area (Å²) in [6, 6.07) is 15.6. The van der Waals surface area contributed by atoms with E-state index in [-0.39, 0.29) is 16.4 Å². The van der Waals surface area contributed by atoms with Crippen molar-refractivity contribution in [3.8, 4) is 0 Å². The van der Waals surface area contributed by atoms with Gasteiger partial charge in [0, 0.05) is 12.1 Å². The quantitative estimate of drug-likeness (QED) is 0.826. The second-order valence-electron chi connectivity index (χ2n) is 4.20. The lowest BCUT2D eigenvalue weighted by molar-refractivity contribution is 0.581. The summed E-state index contributed by atoms with van der Waals surface area (Å²) in [5, 5.41) is 0. The van der Waals surface area contributed by atoms with Crippen LogP contribution in [-0.4, -0.2) is 13.4 Å². The summed E-state index contributed by atoms with van der Waals surface area (Å²) in [4.78, 5) is 0.323. The molecule has 0 amide bonds. The molecule has 0 saturated carbocycles. The molecule has 0 spiro atoms. The van der Waals surface area contributed by atoms with Gasteiger partial charge in [0.1, 0.15) is 4.99 Å². The minimum Gasteiger partial charge on any atom is -0.389 e. The maximum atomic E-state index is 12.2. The zero-order valence-electron chi connectivity index (χ0n) is 10.6. The number of hydrogen-bond donors (Lipinski definition) is 2. The molecule has 0 aliphatic heterocycles. The largest absolute Gasteiger partial charge is 0.389 e. The zero-order valence-corrected chi connectivity index (χ0v) is 12.2. The van der Waals surface area contributed by atoms with Crippen LogP contribution in [0.1, 0.15) is 11.1 Å². The molecule has 0 heterocycles. The maximum Gasteiger partial charge on any atom is 0.240 e. The Bertz CT molecular complexity index is 713. The van der Waals surface area contributed by atoms with Gasteiger partial charge in [-0.1, -0.05) is 54.7 Å². The summed E-state index contributed by atoms with van der Waals surface area (Å²) in [6.07, 6.45) is 0. The van der Waals surface area contributed by atoms with Gasteiger partial charge in [0.25, 0.3) is 0 Å². The van der Waals surface area contributed by atoms with E-state index >= 15 is 0 Å². The Hall–Kier alpha value is -1.76. The standard InChI is InChI=1S/C14H14N2O2S2/c15-14(19)12-7-4-8-13(9-12)20(17,18)16-10-11-5-2-1-3-6-11/h1-9,16H,10H2,(H2,15,19). The predicted octanol–water partition coefficient (Wildman–Crippen LogP) is 1.80. The number of nitrogens with one attached hydrogen (secondary N) is 1. The molecule has 0 radical (unpaired) electrons. The highest BCUT2D eigenvalue weighted by Gasteiger charge is 2.14. The van der Waals surface area contributed by atoms with Crippen LogP contribution >= 0.6 is 12.2 Å². The molecule has 3 N–H and O–H groups in total. The molecule has 2 aromatic carbocycles. The van der Waals surface area contributed by atoms with Gasteiger partial charge in [-0.05, 0) is 17.7 Å². The molecule has 6 heteroatoms. The molecule has 0 bridgehead atoms. The lowest BCUT2D eigenvalue weighted by Gasteiger charge is -2.08. The molecule has 0 aliphatic rings. The molecule has 0 saturated heterocycles. The van der Waals surface area contributed by atoms with Crippen LogP contribution in [-0.2, 0) is 16.6 Å². The summed E-state index contributed by atoms with van der Waals surface area (Å²) >= 11 is 4.85. The van der Waals surface area contributed by atoms with Crippen LogP contribution in [0.4, 0.5) is 0 Å². The predicted molar refractivity (Wildman–Crippen MR) is 82.8 cm³/mol. The van der Waals surface area contributed by atoms with Crippen LogP contribution in [0.25, 0.3) is 0 Å². The second kappa shape index (κ2) is 6.13. The lowest BCUT2D eigenvalue weighted by Crippen LogP contribution is -2.23. The number of nitrogens with two attached hydrogens (primary N) is 1. The van der Waals surface area contributed by atoms with Crippen molar-refractivity contribution in [2.75, 3.05) is 0 Å². The monoisotopic (exact) mass is 306 g/mol. The summed E-state index contributed by atoms with van der Waals surface area (Å²) < 4.78 is 26.9. The third-order valence-corrected chi connectivity index (χ3v) is 4.37. The van der Waals surface area contributed by atoms with Crippen LogP contribution in [0.3, 0.4) is 0 Å². The molecule has 20 heavy (non-hydrogen) atoms. The number of thiocarbonyl (C=S) groups is 1. The SMILES string of the molecule is NC(=S)c1cccc(S(=O)(=O)NCc2ccccc2)c1. The Balaban J connectivity index is 2.18. The van der Waals surface area contributed by atoms with Crippen molar-refractivity contribution in [3.63, 3.8) is 0 Å². The van der Waals surface area contributed by atoms with Crippen molar-refractivity contribution in [1.82, 2.24) is 4.72 Å². The fraction of sp³-hybridized carbons (Fsp3) is 0.0714. The van der Waals surface area contributed by atoms with Crippen molar-refractivity contribution in [1.29, 1.82) is 0 Å². The lowest BCUT2D eigenvalue weighted by atomic mass is 10.2. The first-order valence-corrected chi connectivity index (χ1v) is 7.81. The van der Waals surface area contributed by atoms with Crippen LogP contribution in [0.5, 0.6) is 0 Å². The van der Waals surface area contributed by atoms with Gasteiger partial charge in [0.15, 0.2) is 0 Å². The molecular weight excluding hydrogens is 292 g/mol. The number of rotatable bonds is 5. The van der Waals surface area contributed by atoms with Gasteiger partial charge < -0.3 is 5.73 Å². The normalized spacial score (nSPS) is 11.2. The van der Waals surface area contributed by atoms with Crippen LogP contribution in [0, 0.1) is 0 Å². The fourth-order valence-electron chi connectivity index (χ4n) is 1.67. The van der Waals surface area contributed by atoms with Crippen molar-refractivity contribution < 1.29 is 8.42 Å². The van der Waals surface area contributed by atoms with E-state index in [0.29, 0.717) is 5.56 Å². The molecule has 4 nitrogen and oxygen atoms in total. The van der Waals surface area contributed by atoms with E-state index in [1.807, 2.05) is 30.3 Å². The number of hydrogen-bond acceptors (Lipinski definition) is 3. The molecule has 0 atom stereocenters. The first-order chi connectivity index (χ1) is 9.49. The Kier molecular flexibility index (Phi) is 4.49. The van der Waals surface area contributed by atoms with E-state index in [2.05, 4.69) is 4.72 Å². The van der Waals surface area contributed by atoms with Gasteiger partial charge in [-0.15, -0.1) is 0 Å². The van der Waals surface area contributed by atoms with Crippen LogP contribution in [0.2, 0.25) is 0 Å². The molecule has 2 rings (SSSR count). The van der Waals surface area contributed by atoms with Crippen LogP contribution in [0.15, 0.2) is 59.5 Å². The van der Waals surface area contributed by atoms with Gasteiger partial charge in [-0.2, -0.15) is 0 Å². The molecule has 0 aromatic heterocycles. The van der Waals surface area contributed by atoms with Gasteiger partial charge in [0.05, 0.1) is 4.90 Å². The molecule has 2 aromatic rings. The van der Waals surface area contributed by atoms with E-state index in [0.717, 1.165) is 5.56 Å². The van der Waals surface area contributed by atoms with Crippen LogP contribution < -0.4 is 10.5 Å². The minimum atomic E-state index is -3.58. The third-order valence-electron chi connectivity index (χ3n) is 2.74. The Morgan fingerprint density at radius 3 is 2.45 bits per heavy atom. The smallest absolute Gasteiger partial charge is 0.240 e. The Morgan fingerprint density at radius 1 is 1.10 bits per heavy atom. The zero-order chi connectivity index (χ0) is 14.6. The summed E-state index contributed by atoms with van der Waals surface area (Å²) in [5.41, 5.74) is 6.93. The van der Waals surface area contributed by atoms with Gasteiger partial charge in [-0.3, -0.25) is 0 Å². The van der Waals surface area contributed by atoms with Crippen molar-refractivity contribution in [3.05, 3.63) is 65.7 Å². The molecule has 0 fully saturated rings. The second-order valence-corrected chi connectivity index (χ2v) is 6.41. The van der Waals surface area contributed by atoms with E-state index in [9.17, 15) is 8.42 Å². The number of benzene rings is 2.